The number of halogens is 1. The van der Waals surface area contributed by atoms with Gasteiger partial charge in [0.2, 0.25) is 0 Å². The number of carbonyl (C=O) groups is 2. The van der Waals surface area contributed by atoms with Gasteiger partial charge in [-0.2, -0.15) is 0 Å². The summed E-state index contributed by atoms with van der Waals surface area (Å²) < 4.78 is 10.2. The molecule has 0 radical (unpaired) electrons. The van der Waals surface area contributed by atoms with Crippen molar-refractivity contribution in [3.63, 3.8) is 0 Å². The zero-order chi connectivity index (χ0) is 17.0. The quantitative estimate of drug-likeness (QED) is 0.773. The van der Waals surface area contributed by atoms with Crippen LogP contribution in [-0.4, -0.2) is 31.6 Å². The van der Waals surface area contributed by atoms with Gasteiger partial charge in [-0.15, -0.1) is 6.58 Å². The normalized spacial score (nSPS) is 16.0. The van der Waals surface area contributed by atoms with E-state index in [-0.39, 0.29) is 13.2 Å². The van der Waals surface area contributed by atoms with Crippen molar-refractivity contribution in [3.8, 4) is 0 Å². The zero-order valence-electron chi connectivity index (χ0n) is 13.1. The van der Waals surface area contributed by atoms with E-state index in [0.29, 0.717) is 22.8 Å². The van der Waals surface area contributed by atoms with Crippen LogP contribution in [-0.2, 0) is 9.47 Å². The third-order valence-electron chi connectivity index (χ3n) is 3.36. The minimum atomic E-state index is -0.598. The second kappa shape index (κ2) is 7.37. The molecular formula is C16H19ClN2O4. The van der Waals surface area contributed by atoms with Crippen LogP contribution in [0.4, 0.5) is 21.0 Å². The molecule has 1 aliphatic heterocycles. The number of benzene rings is 1. The zero-order valence-corrected chi connectivity index (χ0v) is 13.9. The Hall–Kier alpha value is -2.21. The van der Waals surface area contributed by atoms with Gasteiger partial charge in [-0.05, 0) is 32.0 Å². The lowest BCUT2D eigenvalue weighted by molar-refractivity contribution is 0.152. The molecule has 7 heteroatoms. The standard InChI is InChI=1S/C16H19ClN2O4/c1-4-7-14-18(15(20)22-5-2)12-9-8-11(17)10-13(12)19(14)16(21)23-6-3/h4,8-10,14H,1,5-7H2,2-3H3. The fraction of sp³-hybridized carbons (Fsp3) is 0.375. The Morgan fingerprint density at radius 3 is 2.26 bits per heavy atom. The van der Waals surface area contributed by atoms with Crippen LogP contribution in [0.1, 0.15) is 20.3 Å². The summed E-state index contributed by atoms with van der Waals surface area (Å²) in [6.07, 6.45) is 0.323. The fourth-order valence-electron chi connectivity index (χ4n) is 2.52. The largest absolute Gasteiger partial charge is 0.449 e. The molecule has 0 aliphatic carbocycles. The summed E-state index contributed by atoms with van der Waals surface area (Å²) in [5.41, 5.74) is 1.06. The van der Waals surface area contributed by atoms with E-state index in [2.05, 4.69) is 6.58 Å². The second-order valence-corrected chi connectivity index (χ2v) is 5.21. The molecule has 1 aromatic carbocycles. The van der Waals surface area contributed by atoms with E-state index < -0.39 is 18.4 Å². The first-order valence-corrected chi connectivity index (χ1v) is 7.75. The summed E-state index contributed by atoms with van der Waals surface area (Å²) >= 11 is 6.05. The topological polar surface area (TPSA) is 59.1 Å². The molecule has 124 valence electrons. The number of rotatable bonds is 4. The molecule has 0 bridgehead atoms. The predicted octanol–water partition coefficient (Wildman–Crippen LogP) is 4.18. The van der Waals surface area contributed by atoms with Crippen LogP contribution in [0.25, 0.3) is 0 Å². The number of amides is 2. The Balaban J connectivity index is 2.52. The van der Waals surface area contributed by atoms with E-state index >= 15 is 0 Å². The van der Waals surface area contributed by atoms with E-state index in [1.807, 2.05) is 0 Å². The van der Waals surface area contributed by atoms with Gasteiger partial charge in [0.15, 0.2) is 0 Å². The SMILES string of the molecule is C=CCC1N(C(=O)OCC)c2ccc(Cl)cc2N1C(=O)OCC. The lowest BCUT2D eigenvalue weighted by Gasteiger charge is -2.28. The molecule has 1 aromatic rings. The van der Waals surface area contributed by atoms with Crippen LogP contribution in [0.3, 0.4) is 0 Å². The molecule has 1 aliphatic rings. The minimum absolute atomic E-state index is 0.228. The molecule has 0 saturated carbocycles. The average molecular weight is 339 g/mol. The summed E-state index contributed by atoms with van der Waals surface area (Å²) in [7, 11) is 0. The van der Waals surface area contributed by atoms with Crippen molar-refractivity contribution in [1.29, 1.82) is 0 Å². The molecule has 1 heterocycles. The number of hydrogen-bond donors (Lipinski definition) is 0. The smallest absolute Gasteiger partial charge is 0.416 e. The van der Waals surface area contributed by atoms with E-state index in [1.54, 1.807) is 38.1 Å². The van der Waals surface area contributed by atoms with Gasteiger partial charge in [-0.1, -0.05) is 17.7 Å². The van der Waals surface area contributed by atoms with Crippen molar-refractivity contribution in [3.05, 3.63) is 35.9 Å². The Morgan fingerprint density at radius 2 is 1.74 bits per heavy atom. The van der Waals surface area contributed by atoms with Gasteiger partial charge in [-0.25, -0.2) is 9.59 Å². The molecule has 1 unspecified atom stereocenters. The van der Waals surface area contributed by atoms with E-state index in [1.165, 1.54) is 9.80 Å². The number of anilines is 2. The highest BCUT2D eigenvalue weighted by molar-refractivity contribution is 6.31. The molecule has 0 spiro atoms. The Bertz CT molecular complexity index is 620. The summed E-state index contributed by atoms with van der Waals surface area (Å²) in [4.78, 5) is 27.6. The number of fused-ring (bicyclic) bond motifs is 1. The van der Waals surface area contributed by atoms with Crippen LogP contribution in [0.5, 0.6) is 0 Å². The first kappa shape index (κ1) is 17.1. The van der Waals surface area contributed by atoms with Crippen molar-refractivity contribution in [1.82, 2.24) is 0 Å². The number of ether oxygens (including phenoxy) is 2. The monoisotopic (exact) mass is 338 g/mol. The van der Waals surface area contributed by atoms with Gasteiger partial charge in [0.1, 0.15) is 6.17 Å². The maximum absolute atomic E-state index is 12.4. The van der Waals surface area contributed by atoms with Gasteiger partial charge in [0, 0.05) is 11.4 Å². The maximum Gasteiger partial charge on any atom is 0.416 e. The number of nitrogens with zero attached hydrogens (tertiary/aromatic N) is 2. The van der Waals surface area contributed by atoms with Crippen molar-refractivity contribution in [2.45, 2.75) is 26.4 Å². The molecule has 0 aromatic heterocycles. The van der Waals surface area contributed by atoms with Crippen LogP contribution < -0.4 is 9.80 Å². The lowest BCUT2D eigenvalue weighted by Crippen LogP contribution is -2.48. The van der Waals surface area contributed by atoms with Gasteiger partial charge in [-0.3, -0.25) is 9.80 Å². The minimum Gasteiger partial charge on any atom is -0.449 e. The molecule has 0 fully saturated rings. The highest BCUT2D eigenvalue weighted by Crippen LogP contribution is 2.43. The number of carbonyl (C=O) groups excluding carboxylic acids is 2. The number of hydrogen-bond acceptors (Lipinski definition) is 4. The molecule has 6 nitrogen and oxygen atoms in total. The summed E-state index contributed by atoms with van der Waals surface area (Å²) in [6, 6.07) is 4.97. The van der Waals surface area contributed by atoms with Crippen molar-refractivity contribution >= 4 is 35.2 Å². The molecule has 0 saturated heterocycles. The molecular weight excluding hydrogens is 320 g/mol. The van der Waals surface area contributed by atoms with Crippen LogP contribution >= 0.6 is 11.6 Å². The highest BCUT2D eigenvalue weighted by Gasteiger charge is 2.43. The Morgan fingerprint density at radius 1 is 1.17 bits per heavy atom. The van der Waals surface area contributed by atoms with Gasteiger partial charge >= 0.3 is 12.2 Å². The average Bonchev–Trinajstić information content (AvgIpc) is 2.81. The van der Waals surface area contributed by atoms with Crippen molar-refractivity contribution in [2.24, 2.45) is 0 Å². The molecule has 1 atom stereocenters. The van der Waals surface area contributed by atoms with E-state index in [4.69, 9.17) is 21.1 Å². The Kier molecular flexibility index (Phi) is 5.50. The molecule has 0 N–H and O–H groups in total. The van der Waals surface area contributed by atoms with Gasteiger partial charge in [0.05, 0.1) is 24.6 Å². The molecule has 2 rings (SSSR count). The highest BCUT2D eigenvalue weighted by atomic mass is 35.5. The fourth-order valence-corrected chi connectivity index (χ4v) is 2.68. The first-order chi connectivity index (χ1) is 11.0. The third-order valence-corrected chi connectivity index (χ3v) is 3.59. The third kappa shape index (κ3) is 3.27. The van der Waals surface area contributed by atoms with Crippen LogP contribution in [0.2, 0.25) is 5.02 Å². The summed E-state index contributed by atoms with van der Waals surface area (Å²) in [6.45, 7) is 7.61. The molecule has 2 amide bonds. The van der Waals surface area contributed by atoms with Crippen LogP contribution in [0, 0.1) is 0 Å². The Labute approximate surface area is 140 Å². The van der Waals surface area contributed by atoms with Crippen molar-refractivity contribution in [2.75, 3.05) is 23.0 Å². The lowest BCUT2D eigenvalue weighted by atomic mass is 10.2. The summed E-state index contributed by atoms with van der Waals surface area (Å²) in [5.74, 6) is 0. The predicted molar refractivity (Wildman–Crippen MR) is 89.1 cm³/mol. The van der Waals surface area contributed by atoms with Gasteiger partial charge < -0.3 is 9.47 Å². The summed E-state index contributed by atoms with van der Waals surface area (Å²) in [5, 5.41) is 0.459. The second-order valence-electron chi connectivity index (χ2n) is 4.78. The molecule has 23 heavy (non-hydrogen) atoms. The van der Waals surface area contributed by atoms with Crippen molar-refractivity contribution < 1.29 is 19.1 Å². The van der Waals surface area contributed by atoms with Gasteiger partial charge in [0.25, 0.3) is 0 Å². The van der Waals surface area contributed by atoms with E-state index in [0.717, 1.165) is 0 Å². The first-order valence-electron chi connectivity index (χ1n) is 7.37. The maximum atomic E-state index is 12.4. The van der Waals surface area contributed by atoms with E-state index in [9.17, 15) is 9.59 Å². The van der Waals surface area contributed by atoms with Crippen LogP contribution in [0.15, 0.2) is 30.9 Å².